The van der Waals surface area contributed by atoms with E-state index in [4.69, 9.17) is 5.73 Å². The third-order valence-electron chi connectivity index (χ3n) is 4.00. The van der Waals surface area contributed by atoms with Gasteiger partial charge in [-0.15, -0.1) is 0 Å². The smallest absolute Gasteiger partial charge is 0.0419 e. The average molecular weight is 238 g/mol. The molecule has 1 aromatic carbocycles. The Hall–Kier alpha value is -1.67. The van der Waals surface area contributed by atoms with Crippen LogP contribution in [0.25, 0.3) is 0 Å². The monoisotopic (exact) mass is 238 g/mol. The van der Waals surface area contributed by atoms with E-state index in [2.05, 4.69) is 41.4 Å². The first-order valence-corrected chi connectivity index (χ1v) is 6.52. The second-order valence-electron chi connectivity index (χ2n) is 5.15. The number of nitrogens with zero attached hydrogens (tertiary/aromatic N) is 1. The predicted octanol–water partition coefficient (Wildman–Crippen LogP) is 2.68. The largest absolute Gasteiger partial charge is 0.327 e. The zero-order chi connectivity index (χ0) is 12.4. The fraction of sp³-hybridized carbons (Fsp3) is 0.312. The predicted molar refractivity (Wildman–Crippen MR) is 73.3 cm³/mol. The van der Waals surface area contributed by atoms with E-state index in [9.17, 15) is 0 Å². The summed E-state index contributed by atoms with van der Waals surface area (Å²) < 4.78 is 0. The molecular weight excluding hydrogens is 220 g/mol. The molecule has 1 fully saturated rings. The maximum absolute atomic E-state index is 6.44. The number of benzene rings is 1. The van der Waals surface area contributed by atoms with Gasteiger partial charge in [-0.2, -0.15) is 0 Å². The molecule has 18 heavy (non-hydrogen) atoms. The summed E-state index contributed by atoms with van der Waals surface area (Å²) in [5, 5.41) is 0. The molecule has 0 bridgehead atoms. The Bertz CT molecular complexity index is 503. The van der Waals surface area contributed by atoms with Crippen LogP contribution in [0.15, 0.2) is 54.7 Å². The van der Waals surface area contributed by atoms with E-state index in [-0.39, 0.29) is 11.5 Å². The summed E-state index contributed by atoms with van der Waals surface area (Å²) in [5.74, 6) is 0. The van der Waals surface area contributed by atoms with Gasteiger partial charge in [0.05, 0.1) is 0 Å². The molecule has 1 aliphatic carbocycles. The topological polar surface area (TPSA) is 38.9 Å². The van der Waals surface area contributed by atoms with Crippen LogP contribution in [0.4, 0.5) is 0 Å². The van der Waals surface area contributed by atoms with E-state index in [1.165, 1.54) is 18.4 Å². The van der Waals surface area contributed by atoms with Gasteiger partial charge in [0, 0.05) is 29.8 Å². The fourth-order valence-electron chi connectivity index (χ4n) is 2.72. The van der Waals surface area contributed by atoms with Gasteiger partial charge in [0.2, 0.25) is 0 Å². The molecule has 3 rings (SSSR count). The van der Waals surface area contributed by atoms with Crippen LogP contribution >= 0.6 is 0 Å². The van der Waals surface area contributed by atoms with Crippen LogP contribution in [0.3, 0.4) is 0 Å². The second kappa shape index (κ2) is 4.54. The van der Waals surface area contributed by atoms with E-state index in [0.29, 0.717) is 0 Å². The Morgan fingerprint density at radius 3 is 2.39 bits per heavy atom. The Balaban J connectivity index is 1.79. The summed E-state index contributed by atoms with van der Waals surface area (Å²) in [7, 11) is 0. The van der Waals surface area contributed by atoms with Crippen molar-refractivity contribution in [1.82, 2.24) is 4.98 Å². The second-order valence-corrected chi connectivity index (χ2v) is 5.15. The molecule has 2 aromatic rings. The van der Waals surface area contributed by atoms with Gasteiger partial charge in [-0.25, -0.2) is 0 Å². The van der Waals surface area contributed by atoms with Gasteiger partial charge in [0.25, 0.3) is 0 Å². The Labute approximate surface area is 108 Å². The van der Waals surface area contributed by atoms with Crippen molar-refractivity contribution in [2.24, 2.45) is 5.73 Å². The molecule has 0 amide bonds. The zero-order valence-electron chi connectivity index (χ0n) is 10.4. The molecule has 2 N–H and O–H groups in total. The third kappa shape index (κ3) is 2.04. The molecular formula is C16H18N2. The molecule has 0 saturated heterocycles. The average Bonchev–Trinajstić information content (AvgIpc) is 3.22. The van der Waals surface area contributed by atoms with Gasteiger partial charge in [0.1, 0.15) is 0 Å². The minimum absolute atomic E-state index is 0.162. The van der Waals surface area contributed by atoms with Crippen molar-refractivity contribution in [3.8, 4) is 0 Å². The zero-order valence-corrected chi connectivity index (χ0v) is 10.4. The van der Waals surface area contributed by atoms with Crippen LogP contribution in [-0.2, 0) is 11.8 Å². The van der Waals surface area contributed by atoms with Crippen LogP contribution in [0.1, 0.15) is 24.1 Å². The lowest BCUT2D eigenvalue weighted by molar-refractivity contribution is 0.509. The van der Waals surface area contributed by atoms with Crippen LogP contribution in [0, 0.1) is 0 Å². The summed E-state index contributed by atoms with van der Waals surface area (Å²) >= 11 is 0. The van der Waals surface area contributed by atoms with E-state index in [1.54, 1.807) is 0 Å². The number of aromatic nitrogens is 1. The van der Waals surface area contributed by atoms with Gasteiger partial charge in [-0.3, -0.25) is 4.98 Å². The van der Waals surface area contributed by atoms with Crippen molar-refractivity contribution in [3.63, 3.8) is 0 Å². The normalized spacial score (nSPS) is 18.3. The summed E-state index contributed by atoms with van der Waals surface area (Å²) in [6, 6.07) is 16.8. The van der Waals surface area contributed by atoms with Crippen LogP contribution < -0.4 is 5.73 Å². The molecule has 92 valence electrons. The number of nitrogens with two attached hydrogens (primary N) is 1. The Morgan fingerprint density at radius 2 is 1.78 bits per heavy atom. The molecule has 0 aliphatic heterocycles. The minimum atomic E-state index is 0.162. The third-order valence-corrected chi connectivity index (χ3v) is 4.00. The lowest BCUT2D eigenvalue weighted by Crippen LogP contribution is -2.37. The molecule has 1 heterocycles. The highest BCUT2D eigenvalue weighted by Crippen LogP contribution is 2.50. The number of hydrogen-bond donors (Lipinski definition) is 1. The molecule has 2 heteroatoms. The molecule has 1 aromatic heterocycles. The Morgan fingerprint density at radius 1 is 1.06 bits per heavy atom. The van der Waals surface area contributed by atoms with Crippen LogP contribution in [0.5, 0.6) is 0 Å². The maximum atomic E-state index is 6.44. The minimum Gasteiger partial charge on any atom is -0.327 e. The summed E-state index contributed by atoms with van der Waals surface area (Å²) in [5.41, 5.74) is 9.10. The van der Waals surface area contributed by atoms with Crippen molar-refractivity contribution < 1.29 is 0 Å². The van der Waals surface area contributed by atoms with Crippen LogP contribution in [0.2, 0.25) is 0 Å². The highest BCUT2D eigenvalue weighted by atomic mass is 14.8. The molecule has 1 unspecified atom stereocenters. The lowest BCUT2D eigenvalue weighted by atomic mass is 9.86. The van der Waals surface area contributed by atoms with Crippen molar-refractivity contribution in [3.05, 3.63) is 66.0 Å². The summed E-state index contributed by atoms with van der Waals surface area (Å²) in [6.07, 6.45) is 5.09. The Kier molecular flexibility index (Phi) is 2.88. The van der Waals surface area contributed by atoms with Crippen molar-refractivity contribution in [1.29, 1.82) is 0 Å². The first-order valence-electron chi connectivity index (χ1n) is 6.52. The molecule has 0 radical (unpaired) electrons. The molecule has 0 spiro atoms. The van der Waals surface area contributed by atoms with Crippen molar-refractivity contribution in [2.45, 2.75) is 30.7 Å². The van der Waals surface area contributed by atoms with Gasteiger partial charge >= 0.3 is 0 Å². The summed E-state index contributed by atoms with van der Waals surface area (Å²) in [4.78, 5) is 4.37. The quantitative estimate of drug-likeness (QED) is 0.889. The standard InChI is InChI=1S/C16H18N2/c17-15(12-14-8-4-5-11-18-14)16(9-10-16)13-6-2-1-3-7-13/h1-8,11,15H,9-10,12,17H2. The number of rotatable bonds is 4. The molecule has 1 atom stereocenters. The lowest BCUT2D eigenvalue weighted by Gasteiger charge is -2.23. The van der Waals surface area contributed by atoms with Gasteiger partial charge in [-0.05, 0) is 30.5 Å². The highest BCUT2D eigenvalue weighted by molar-refractivity contribution is 5.34. The first kappa shape index (κ1) is 11.4. The van der Waals surface area contributed by atoms with E-state index in [0.717, 1.165) is 12.1 Å². The molecule has 1 saturated carbocycles. The summed E-state index contributed by atoms with van der Waals surface area (Å²) in [6.45, 7) is 0. The van der Waals surface area contributed by atoms with Crippen molar-refractivity contribution >= 4 is 0 Å². The molecule has 1 aliphatic rings. The van der Waals surface area contributed by atoms with Gasteiger partial charge in [0.15, 0.2) is 0 Å². The number of hydrogen-bond acceptors (Lipinski definition) is 2. The highest BCUT2D eigenvalue weighted by Gasteiger charge is 2.48. The van der Waals surface area contributed by atoms with Gasteiger partial charge < -0.3 is 5.73 Å². The van der Waals surface area contributed by atoms with E-state index in [1.807, 2.05) is 18.3 Å². The SMILES string of the molecule is NC(Cc1ccccn1)C1(c2ccccc2)CC1. The molecule has 2 nitrogen and oxygen atoms in total. The van der Waals surface area contributed by atoms with Crippen molar-refractivity contribution in [2.75, 3.05) is 0 Å². The number of pyridine rings is 1. The van der Waals surface area contributed by atoms with E-state index < -0.39 is 0 Å². The fourth-order valence-corrected chi connectivity index (χ4v) is 2.72. The van der Waals surface area contributed by atoms with E-state index >= 15 is 0 Å². The van der Waals surface area contributed by atoms with Crippen LogP contribution in [-0.4, -0.2) is 11.0 Å². The van der Waals surface area contributed by atoms with Gasteiger partial charge in [-0.1, -0.05) is 36.4 Å². The first-order chi connectivity index (χ1) is 8.81. The maximum Gasteiger partial charge on any atom is 0.0419 e.